The molecule has 15 heteroatoms. The summed E-state index contributed by atoms with van der Waals surface area (Å²) in [5.41, 5.74) is -0.906. The summed E-state index contributed by atoms with van der Waals surface area (Å²) in [6, 6.07) is 0.927. The number of carbonyl (C=O) groups excluding carboxylic acids is 1. The van der Waals surface area contributed by atoms with Crippen LogP contribution in [0.3, 0.4) is 0 Å². The van der Waals surface area contributed by atoms with Crippen molar-refractivity contribution in [3.05, 3.63) is 34.1 Å². The molecule has 2 heterocycles. The highest BCUT2D eigenvalue weighted by atomic mass is 19.4. The van der Waals surface area contributed by atoms with E-state index in [9.17, 15) is 36.9 Å². The molecular formula is C16H15F5N6O4. The van der Waals surface area contributed by atoms with Gasteiger partial charge in [-0.2, -0.15) is 18.2 Å². The second-order valence-electron chi connectivity index (χ2n) is 6.72. The van der Waals surface area contributed by atoms with Gasteiger partial charge in [0.1, 0.15) is 11.8 Å². The highest BCUT2D eigenvalue weighted by Gasteiger charge is 2.34. The summed E-state index contributed by atoms with van der Waals surface area (Å²) >= 11 is 0. The molecule has 0 radical (unpaired) electrons. The van der Waals surface area contributed by atoms with Gasteiger partial charge in [-0.05, 0) is 13.3 Å². The molecule has 3 rings (SSSR count). The number of rotatable bonds is 6. The SMILES string of the molecule is CC1CC(C(F)F)n2nc(C(=O)Nc3cc(OCC(F)(F)F)cc([N+](=O)[O-])c3)nc2N1. The van der Waals surface area contributed by atoms with Gasteiger partial charge in [-0.15, -0.1) is 5.10 Å². The largest absolute Gasteiger partial charge is 0.484 e. The molecule has 1 aliphatic rings. The van der Waals surface area contributed by atoms with E-state index in [-0.39, 0.29) is 24.1 Å². The molecule has 2 unspecified atom stereocenters. The lowest BCUT2D eigenvalue weighted by Gasteiger charge is -2.28. The molecule has 168 valence electrons. The fourth-order valence-corrected chi connectivity index (χ4v) is 2.90. The summed E-state index contributed by atoms with van der Waals surface area (Å²) in [4.78, 5) is 26.5. The Kier molecular flexibility index (Phi) is 5.94. The third-order valence-electron chi connectivity index (χ3n) is 4.17. The molecule has 2 aromatic rings. The number of hydrogen-bond acceptors (Lipinski definition) is 7. The monoisotopic (exact) mass is 450 g/mol. The molecule has 0 bridgehead atoms. The maximum Gasteiger partial charge on any atom is 0.422 e. The normalized spacial score (nSPS) is 18.3. The summed E-state index contributed by atoms with van der Waals surface area (Å²) in [5.74, 6) is -2.08. The Morgan fingerprint density at radius 1 is 1.42 bits per heavy atom. The predicted molar refractivity (Wildman–Crippen MR) is 95.4 cm³/mol. The van der Waals surface area contributed by atoms with Crippen molar-refractivity contribution >= 4 is 23.2 Å². The van der Waals surface area contributed by atoms with Gasteiger partial charge in [-0.3, -0.25) is 14.9 Å². The Bertz CT molecular complexity index is 995. The van der Waals surface area contributed by atoms with E-state index in [2.05, 4.69) is 25.5 Å². The first-order valence-electron chi connectivity index (χ1n) is 8.74. The molecule has 0 saturated heterocycles. The van der Waals surface area contributed by atoms with Gasteiger partial charge in [0.2, 0.25) is 11.8 Å². The van der Waals surface area contributed by atoms with Gasteiger partial charge in [0, 0.05) is 18.2 Å². The lowest BCUT2D eigenvalue weighted by atomic mass is 10.1. The van der Waals surface area contributed by atoms with E-state index >= 15 is 0 Å². The number of amides is 1. The van der Waals surface area contributed by atoms with Crippen molar-refractivity contribution in [2.45, 2.75) is 38.0 Å². The lowest BCUT2D eigenvalue weighted by Crippen LogP contribution is -2.33. The molecule has 0 aliphatic carbocycles. The third-order valence-corrected chi connectivity index (χ3v) is 4.17. The van der Waals surface area contributed by atoms with Crippen molar-refractivity contribution in [1.82, 2.24) is 14.8 Å². The fourth-order valence-electron chi connectivity index (χ4n) is 2.90. The summed E-state index contributed by atoms with van der Waals surface area (Å²) in [6.45, 7) is -0.0470. The van der Waals surface area contributed by atoms with E-state index in [1.165, 1.54) is 0 Å². The van der Waals surface area contributed by atoms with Crippen molar-refractivity contribution in [2.75, 3.05) is 17.2 Å². The number of benzene rings is 1. The van der Waals surface area contributed by atoms with Gasteiger partial charge in [-0.1, -0.05) is 0 Å². The molecule has 1 amide bonds. The molecule has 0 spiro atoms. The van der Waals surface area contributed by atoms with Crippen LogP contribution in [0.15, 0.2) is 18.2 Å². The first-order valence-corrected chi connectivity index (χ1v) is 8.74. The molecule has 2 atom stereocenters. The maximum atomic E-state index is 13.3. The number of nitrogens with one attached hydrogen (secondary N) is 2. The van der Waals surface area contributed by atoms with Crippen LogP contribution in [0.2, 0.25) is 0 Å². The van der Waals surface area contributed by atoms with Crippen LogP contribution in [-0.2, 0) is 0 Å². The molecule has 1 aromatic heterocycles. The fraction of sp³-hybridized carbons (Fsp3) is 0.438. The summed E-state index contributed by atoms with van der Waals surface area (Å²) in [7, 11) is 0. The Labute approximate surface area is 170 Å². The highest BCUT2D eigenvalue weighted by Crippen LogP contribution is 2.31. The molecule has 1 aromatic carbocycles. The number of nitro benzene ring substituents is 1. The van der Waals surface area contributed by atoms with Crippen LogP contribution >= 0.6 is 0 Å². The number of anilines is 2. The molecule has 10 nitrogen and oxygen atoms in total. The number of nitro groups is 1. The predicted octanol–water partition coefficient (Wildman–Crippen LogP) is 3.39. The maximum absolute atomic E-state index is 13.3. The number of nitrogens with zero attached hydrogens (tertiary/aromatic N) is 4. The summed E-state index contributed by atoms with van der Waals surface area (Å²) in [5, 5.41) is 19.8. The van der Waals surface area contributed by atoms with E-state index in [1.807, 2.05) is 0 Å². The van der Waals surface area contributed by atoms with Crippen LogP contribution in [0.5, 0.6) is 5.75 Å². The Morgan fingerprint density at radius 2 is 2.13 bits per heavy atom. The molecule has 1 aliphatic heterocycles. The van der Waals surface area contributed by atoms with Gasteiger partial charge < -0.3 is 15.4 Å². The second-order valence-corrected chi connectivity index (χ2v) is 6.72. The van der Waals surface area contributed by atoms with Crippen molar-refractivity contribution < 1.29 is 36.4 Å². The highest BCUT2D eigenvalue weighted by molar-refractivity contribution is 6.02. The summed E-state index contributed by atoms with van der Waals surface area (Å²) in [6.07, 6.45) is -7.40. The Morgan fingerprint density at radius 3 is 2.74 bits per heavy atom. The molecular weight excluding hydrogens is 435 g/mol. The lowest BCUT2D eigenvalue weighted by molar-refractivity contribution is -0.384. The van der Waals surface area contributed by atoms with Crippen molar-refractivity contribution in [3.63, 3.8) is 0 Å². The van der Waals surface area contributed by atoms with Crippen LogP contribution < -0.4 is 15.4 Å². The second kappa shape index (κ2) is 8.31. The smallest absolute Gasteiger partial charge is 0.422 e. The van der Waals surface area contributed by atoms with Gasteiger partial charge in [0.05, 0.1) is 16.7 Å². The van der Waals surface area contributed by atoms with Gasteiger partial charge in [0.25, 0.3) is 18.0 Å². The zero-order valence-corrected chi connectivity index (χ0v) is 15.7. The minimum atomic E-state index is -4.68. The van der Waals surface area contributed by atoms with E-state index < -0.39 is 53.3 Å². The number of fused-ring (bicyclic) bond motifs is 1. The summed E-state index contributed by atoms with van der Waals surface area (Å²) < 4.78 is 69.0. The van der Waals surface area contributed by atoms with Crippen molar-refractivity contribution in [3.8, 4) is 5.75 Å². The Hall–Kier alpha value is -3.52. The standard InChI is InChI=1S/C16H15F5N6O4/c1-7-2-11(12(17)18)26-15(22-7)24-13(25-26)14(28)23-8-3-9(27(29)30)5-10(4-8)31-6-16(19,20)21/h3-5,7,11-12H,2,6H2,1H3,(H,23,28)(H,22,24,25). The average molecular weight is 450 g/mol. The van der Waals surface area contributed by atoms with Gasteiger partial charge in [-0.25, -0.2) is 13.5 Å². The van der Waals surface area contributed by atoms with Crippen LogP contribution in [0.4, 0.5) is 39.3 Å². The average Bonchev–Trinajstić information content (AvgIpc) is 3.08. The molecule has 0 saturated carbocycles. The first kappa shape index (κ1) is 22.2. The third kappa shape index (κ3) is 5.35. The van der Waals surface area contributed by atoms with E-state index in [0.29, 0.717) is 0 Å². The van der Waals surface area contributed by atoms with Crippen molar-refractivity contribution in [1.29, 1.82) is 0 Å². The number of hydrogen-bond donors (Lipinski definition) is 2. The minimum Gasteiger partial charge on any atom is -0.484 e. The number of carbonyl (C=O) groups is 1. The topological polar surface area (TPSA) is 124 Å². The molecule has 0 fully saturated rings. The minimum absolute atomic E-state index is 0.0415. The van der Waals surface area contributed by atoms with Crippen LogP contribution in [0.25, 0.3) is 0 Å². The number of ether oxygens (including phenoxy) is 1. The van der Waals surface area contributed by atoms with E-state index in [0.717, 1.165) is 22.9 Å². The van der Waals surface area contributed by atoms with E-state index in [1.54, 1.807) is 6.92 Å². The number of alkyl halides is 5. The quantitative estimate of drug-likeness (QED) is 0.393. The molecule has 31 heavy (non-hydrogen) atoms. The van der Waals surface area contributed by atoms with Gasteiger partial charge in [0.15, 0.2) is 6.61 Å². The van der Waals surface area contributed by atoms with Crippen molar-refractivity contribution in [2.24, 2.45) is 0 Å². The number of halogens is 5. The first-order chi connectivity index (χ1) is 14.4. The zero-order valence-electron chi connectivity index (χ0n) is 15.7. The van der Waals surface area contributed by atoms with Crippen LogP contribution in [0, 0.1) is 10.1 Å². The number of non-ortho nitro benzene ring substituents is 1. The van der Waals surface area contributed by atoms with Crippen LogP contribution in [-0.4, -0.2) is 50.8 Å². The zero-order chi connectivity index (χ0) is 22.9. The van der Waals surface area contributed by atoms with E-state index in [4.69, 9.17) is 0 Å². The van der Waals surface area contributed by atoms with Crippen LogP contribution in [0.1, 0.15) is 30.0 Å². The van der Waals surface area contributed by atoms with Gasteiger partial charge >= 0.3 is 6.18 Å². The Balaban J connectivity index is 1.84. The molecule has 2 N–H and O–H groups in total. The number of aromatic nitrogens is 3.